The van der Waals surface area contributed by atoms with Gasteiger partial charge in [-0.2, -0.15) is 0 Å². The van der Waals surface area contributed by atoms with Crippen LogP contribution in [0.3, 0.4) is 0 Å². The highest BCUT2D eigenvalue weighted by atomic mass is 32.2. The number of ether oxygens (including phenoxy) is 3. The fourth-order valence-electron chi connectivity index (χ4n) is 2.73. The number of anilines is 2. The summed E-state index contributed by atoms with van der Waals surface area (Å²) in [5.74, 6) is 0.967. The van der Waals surface area contributed by atoms with E-state index in [-0.39, 0.29) is 12.3 Å². The van der Waals surface area contributed by atoms with Crippen LogP contribution in [-0.2, 0) is 14.8 Å². The van der Waals surface area contributed by atoms with Gasteiger partial charge in [-0.25, -0.2) is 8.42 Å². The Kier molecular flexibility index (Phi) is 5.93. The van der Waals surface area contributed by atoms with Crippen molar-refractivity contribution in [3.63, 3.8) is 0 Å². The number of rotatable bonds is 7. The molecule has 2 aromatic rings. The van der Waals surface area contributed by atoms with Crippen LogP contribution in [-0.4, -0.2) is 46.9 Å². The van der Waals surface area contributed by atoms with Gasteiger partial charge in [-0.15, -0.1) is 0 Å². The molecule has 0 saturated carbocycles. The van der Waals surface area contributed by atoms with E-state index in [1.54, 1.807) is 42.5 Å². The summed E-state index contributed by atoms with van der Waals surface area (Å²) in [6, 6.07) is 11.6. The second-order valence-corrected chi connectivity index (χ2v) is 8.20. The third-order valence-electron chi connectivity index (χ3n) is 4.16. The van der Waals surface area contributed by atoms with Crippen molar-refractivity contribution in [3.05, 3.63) is 42.5 Å². The van der Waals surface area contributed by atoms with Gasteiger partial charge in [0.05, 0.1) is 18.6 Å². The molecule has 1 N–H and O–H groups in total. The normalized spacial score (nSPS) is 12.9. The van der Waals surface area contributed by atoms with E-state index in [1.807, 2.05) is 0 Å². The molecule has 3 rings (SSSR count). The number of hydrogen-bond donors (Lipinski definition) is 1. The lowest BCUT2D eigenvalue weighted by atomic mass is 10.2. The molecule has 0 unspecified atom stereocenters. The van der Waals surface area contributed by atoms with Crippen LogP contribution in [0.4, 0.5) is 11.4 Å². The average Bonchev–Trinajstić information content (AvgIpc) is 2.71. The van der Waals surface area contributed by atoms with Gasteiger partial charge in [-0.1, -0.05) is 6.07 Å². The number of hydrogen-bond acceptors (Lipinski definition) is 6. The van der Waals surface area contributed by atoms with Crippen LogP contribution >= 0.6 is 0 Å². The van der Waals surface area contributed by atoms with Gasteiger partial charge in [0.15, 0.2) is 11.5 Å². The first-order chi connectivity index (χ1) is 13.4. The quantitative estimate of drug-likeness (QED) is 0.758. The summed E-state index contributed by atoms with van der Waals surface area (Å²) in [6.45, 7) is 1.98. The summed E-state index contributed by atoms with van der Waals surface area (Å²) in [4.78, 5) is 12.5. The summed E-state index contributed by atoms with van der Waals surface area (Å²) in [5.41, 5.74) is 0.854. The summed E-state index contributed by atoms with van der Waals surface area (Å²) in [7, 11) is -2.16. The largest absolute Gasteiger partial charge is 0.497 e. The minimum Gasteiger partial charge on any atom is -0.497 e. The molecule has 0 aromatic heterocycles. The van der Waals surface area contributed by atoms with Gasteiger partial charge in [0, 0.05) is 17.8 Å². The molecule has 1 heterocycles. The molecule has 0 aliphatic carbocycles. The van der Waals surface area contributed by atoms with Crippen LogP contribution in [0.15, 0.2) is 42.5 Å². The van der Waals surface area contributed by atoms with Gasteiger partial charge >= 0.3 is 0 Å². The van der Waals surface area contributed by atoms with Gasteiger partial charge < -0.3 is 19.5 Å². The van der Waals surface area contributed by atoms with Crippen LogP contribution in [0.2, 0.25) is 0 Å². The number of nitrogens with one attached hydrogen (secondary N) is 1. The zero-order valence-corrected chi connectivity index (χ0v) is 16.5. The Labute approximate surface area is 164 Å². The molecular formula is C19H22N2O6S. The Bertz CT molecular complexity index is 961. The molecule has 1 aliphatic rings. The number of methoxy groups -OCH3 is 1. The number of sulfonamides is 1. The van der Waals surface area contributed by atoms with Crippen molar-refractivity contribution < 1.29 is 27.4 Å². The maximum Gasteiger partial charge on any atom is 0.245 e. The molecule has 0 spiro atoms. The first-order valence-corrected chi connectivity index (χ1v) is 10.4. The van der Waals surface area contributed by atoms with E-state index in [0.717, 1.165) is 4.31 Å². The Morgan fingerprint density at radius 3 is 2.61 bits per heavy atom. The highest BCUT2D eigenvalue weighted by Crippen LogP contribution is 2.34. The van der Waals surface area contributed by atoms with Crippen molar-refractivity contribution in [2.75, 3.05) is 42.2 Å². The Hall–Kier alpha value is -2.94. The Balaban J connectivity index is 1.83. The number of carbonyl (C=O) groups excluding carboxylic acids is 1. The van der Waals surface area contributed by atoms with E-state index in [1.165, 1.54) is 14.0 Å². The van der Waals surface area contributed by atoms with Gasteiger partial charge in [0.1, 0.15) is 25.5 Å². The van der Waals surface area contributed by atoms with Gasteiger partial charge in [0.25, 0.3) is 0 Å². The lowest BCUT2D eigenvalue weighted by molar-refractivity contribution is -0.114. The maximum absolute atomic E-state index is 12.6. The third-order valence-corrected chi connectivity index (χ3v) is 5.90. The monoisotopic (exact) mass is 406 g/mol. The third kappa shape index (κ3) is 4.48. The predicted octanol–water partition coefficient (Wildman–Crippen LogP) is 2.26. The minimum atomic E-state index is -3.69. The molecule has 0 atom stereocenters. The van der Waals surface area contributed by atoms with Gasteiger partial charge in [-0.3, -0.25) is 9.10 Å². The highest BCUT2D eigenvalue weighted by molar-refractivity contribution is 7.92. The maximum atomic E-state index is 12.6. The molecular weight excluding hydrogens is 384 g/mol. The summed E-state index contributed by atoms with van der Waals surface area (Å²) < 4.78 is 42.4. The van der Waals surface area contributed by atoms with E-state index in [9.17, 15) is 13.2 Å². The van der Waals surface area contributed by atoms with Crippen molar-refractivity contribution in [3.8, 4) is 17.2 Å². The molecule has 150 valence electrons. The number of fused-ring (bicyclic) bond motifs is 1. The van der Waals surface area contributed by atoms with Crippen LogP contribution in [0.25, 0.3) is 0 Å². The van der Waals surface area contributed by atoms with E-state index in [2.05, 4.69) is 5.32 Å². The topological polar surface area (TPSA) is 94.2 Å². The molecule has 1 amide bonds. The van der Waals surface area contributed by atoms with Crippen molar-refractivity contribution in [1.29, 1.82) is 0 Å². The molecule has 1 aliphatic heterocycles. The standard InChI is InChI=1S/C19H22N2O6S/c1-3-28(23,24)21(15-7-8-17-18(12-15)27-10-9-26-17)13-19(22)20-14-5-4-6-16(11-14)25-2/h4-8,11-12H,3,9-10,13H2,1-2H3,(H,20,22). The van der Waals surface area contributed by atoms with E-state index in [4.69, 9.17) is 14.2 Å². The first-order valence-electron chi connectivity index (χ1n) is 8.77. The fraction of sp³-hybridized carbons (Fsp3) is 0.316. The predicted molar refractivity (Wildman–Crippen MR) is 106 cm³/mol. The molecule has 8 nitrogen and oxygen atoms in total. The number of benzene rings is 2. The van der Waals surface area contributed by atoms with Crippen molar-refractivity contribution in [2.45, 2.75) is 6.92 Å². The van der Waals surface area contributed by atoms with Crippen LogP contribution in [0.1, 0.15) is 6.92 Å². The molecule has 0 saturated heterocycles. The zero-order valence-electron chi connectivity index (χ0n) is 15.7. The lowest BCUT2D eigenvalue weighted by Crippen LogP contribution is -2.39. The minimum absolute atomic E-state index is 0.145. The smallest absolute Gasteiger partial charge is 0.245 e. The van der Waals surface area contributed by atoms with Crippen molar-refractivity contribution in [2.24, 2.45) is 0 Å². The Morgan fingerprint density at radius 2 is 1.89 bits per heavy atom. The summed E-state index contributed by atoms with van der Waals surface area (Å²) >= 11 is 0. The van der Waals surface area contributed by atoms with Crippen LogP contribution in [0, 0.1) is 0 Å². The summed E-state index contributed by atoms with van der Waals surface area (Å²) in [6.07, 6.45) is 0. The second-order valence-electron chi connectivity index (χ2n) is 6.02. The molecule has 28 heavy (non-hydrogen) atoms. The molecule has 0 radical (unpaired) electrons. The molecule has 0 bridgehead atoms. The second kappa shape index (κ2) is 8.39. The summed E-state index contributed by atoms with van der Waals surface area (Å²) in [5, 5.41) is 2.69. The lowest BCUT2D eigenvalue weighted by Gasteiger charge is -2.25. The van der Waals surface area contributed by atoms with Gasteiger partial charge in [-0.05, 0) is 31.2 Å². The molecule has 0 fully saturated rings. The highest BCUT2D eigenvalue weighted by Gasteiger charge is 2.25. The van der Waals surface area contributed by atoms with Crippen LogP contribution < -0.4 is 23.8 Å². The molecule has 9 heteroatoms. The van der Waals surface area contributed by atoms with E-state index in [0.29, 0.717) is 41.8 Å². The number of nitrogens with zero attached hydrogens (tertiary/aromatic N) is 1. The average molecular weight is 406 g/mol. The molecule has 2 aromatic carbocycles. The van der Waals surface area contributed by atoms with Crippen molar-refractivity contribution in [1.82, 2.24) is 0 Å². The Morgan fingerprint density at radius 1 is 1.14 bits per heavy atom. The number of amides is 1. The van der Waals surface area contributed by atoms with E-state index < -0.39 is 15.9 Å². The van der Waals surface area contributed by atoms with Crippen LogP contribution in [0.5, 0.6) is 17.2 Å². The number of carbonyl (C=O) groups is 1. The fourth-order valence-corrected chi connectivity index (χ4v) is 3.79. The van der Waals surface area contributed by atoms with Gasteiger partial charge in [0.2, 0.25) is 15.9 Å². The van der Waals surface area contributed by atoms with E-state index >= 15 is 0 Å². The zero-order chi connectivity index (χ0) is 20.1. The van der Waals surface area contributed by atoms with Crippen molar-refractivity contribution >= 4 is 27.3 Å². The SMILES string of the molecule is CCS(=O)(=O)N(CC(=O)Nc1cccc(OC)c1)c1ccc2c(c1)OCCO2. The first kappa shape index (κ1) is 19.8.